The molecule has 1 fully saturated rings. The first-order valence-corrected chi connectivity index (χ1v) is 8.98. The summed E-state index contributed by atoms with van der Waals surface area (Å²) in [5, 5.41) is 1.82. The number of anilines is 1. The average molecular weight is 393 g/mol. The zero-order valence-corrected chi connectivity index (χ0v) is 13.6. The van der Waals surface area contributed by atoms with Gasteiger partial charge in [-0.25, -0.2) is 8.42 Å². The Morgan fingerprint density at radius 2 is 2.11 bits per heavy atom. The van der Waals surface area contributed by atoms with Crippen LogP contribution in [0.3, 0.4) is 0 Å². The van der Waals surface area contributed by atoms with Crippen LogP contribution < -0.4 is 5.32 Å². The van der Waals surface area contributed by atoms with Crippen molar-refractivity contribution in [2.75, 3.05) is 11.1 Å². The fraction of sp³-hybridized carbons (Fsp3) is 0.462. The standard InChI is InChI=1S/C13H16INO3S/c1-9-5-6-10(8-11(9)14)15-13(16)12-4-2-3-7-19(12,17)18/h5-6,8,12H,2-4,7H2,1H3,(H,15,16). The first-order chi connectivity index (χ1) is 8.90. The van der Waals surface area contributed by atoms with Crippen LogP contribution in [0, 0.1) is 10.5 Å². The van der Waals surface area contributed by atoms with Gasteiger partial charge in [-0.15, -0.1) is 0 Å². The van der Waals surface area contributed by atoms with Crippen molar-refractivity contribution >= 4 is 44.0 Å². The molecule has 4 nitrogen and oxygen atoms in total. The van der Waals surface area contributed by atoms with Gasteiger partial charge in [0.1, 0.15) is 5.25 Å². The second-order valence-electron chi connectivity index (χ2n) is 4.80. The van der Waals surface area contributed by atoms with Crippen LogP contribution >= 0.6 is 22.6 Å². The number of benzene rings is 1. The minimum Gasteiger partial charge on any atom is -0.325 e. The van der Waals surface area contributed by atoms with Crippen LogP contribution in [0.25, 0.3) is 0 Å². The Bertz CT molecular complexity index is 598. The number of carbonyl (C=O) groups is 1. The number of sulfone groups is 1. The van der Waals surface area contributed by atoms with Crippen LogP contribution in [0.2, 0.25) is 0 Å². The smallest absolute Gasteiger partial charge is 0.242 e. The molecule has 1 unspecified atom stereocenters. The number of amides is 1. The molecule has 1 aliphatic heterocycles. The Hall–Kier alpha value is -0.630. The summed E-state index contributed by atoms with van der Waals surface area (Å²) >= 11 is 2.19. The van der Waals surface area contributed by atoms with Crippen molar-refractivity contribution in [3.05, 3.63) is 27.3 Å². The first kappa shape index (κ1) is 14.8. The van der Waals surface area contributed by atoms with Crippen LogP contribution in [0.4, 0.5) is 5.69 Å². The molecule has 1 aromatic carbocycles. The van der Waals surface area contributed by atoms with Crippen LogP contribution in [-0.2, 0) is 14.6 Å². The average Bonchev–Trinajstić information content (AvgIpc) is 2.33. The van der Waals surface area contributed by atoms with E-state index in [9.17, 15) is 13.2 Å². The predicted molar refractivity (Wildman–Crippen MR) is 84.0 cm³/mol. The van der Waals surface area contributed by atoms with Crippen molar-refractivity contribution < 1.29 is 13.2 Å². The molecule has 0 saturated carbocycles. The Balaban J connectivity index is 2.14. The molecule has 1 atom stereocenters. The molecule has 1 aliphatic rings. The van der Waals surface area contributed by atoms with Gasteiger partial charge in [0.15, 0.2) is 9.84 Å². The third-order valence-corrected chi connectivity index (χ3v) is 6.65. The van der Waals surface area contributed by atoms with Crippen molar-refractivity contribution in [1.82, 2.24) is 0 Å². The number of rotatable bonds is 2. The highest BCUT2D eigenvalue weighted by molar-refractivity contribution is 14.1. The summed E-state index contributed by atoms with van der Waals surface area (Å²) in [4.78, 5) is 12.1. The summed E-state index contributed by atoms with van der Waals surface area (Å²) in [7, 11) is -3.28. The van der Waals surface area contributed by atoms with E-state index >= 15 is 0 Å². The Morgan fingerprint density at radius 3 is 2.74 bits per heavy atom. The zero-order valence-electron chi connectivity index (χ0n) is 10.6. The summed E-state index contributed by atoms with van der Waals surface area (Å²) in [5.41, 5.74) is 1.78. The van der Waals surface area contributed by atoms with Crippen molar-refractivity contribution in [3.63, 3.8) is 0 Å². The molecule has 1 amide bonds. The van der Waals surface area contributed by atoms with Gasteiger partial charge in [-0.1, -0.05) is 12.5 Å². The molecule has 0 bridgehead atoms. The highest BCUT2D eigenvalue weighted by Crippen LogP contribution is 2.22. The maximum Gasteiger partial charge on any atom is 0.242 e. The summed E-state index contributed by atoms with van der Waals surface area (Å²) in [6, 6.07) is 5.56. The maximum atomic E-state index is 12.1. The minimum atomic E-state index is -3.28. The molecule has 1 saturated heterocycles. The molecule has 2 rings (SSSR count). The molecule has 6 heteroatoms. The van der Waals surface area contributed by atoms with Crippen molar-refractivity contribution in [2.45, 2.75) is 31.4 Å². The van der Waals surface area contributed by atoms with Crippen LogP contribution in [0.1, 0.15) is 24.8 Å². The molecular weight excluding hydrogens is 377 g/mol. The fourth-order valence-electron chi connectivity index (χ4n) is 2.14. The first-order valence-electron chi connectivity index (χ1n) is 6.19. The van der Waals surface area contributed by atoms with Gasteiger partial charge in [0.2, 0.25) is 5.91 Å². The lowest BCUT2D eigenvalue weighted by Crippen LogP contribution is -2.39. The van der Waals surface area contributed by atoms with E-state index in [2.05, 4.69) is 27.9 Å². The van der Waals surface area contributed by atoms with Crippen LogP contribution in [0.5, 0.6) is 0 Å². The van der Waals surface area contributed by atoms with E-state index in [-0.39, 0.29) is 5.75 Å². The van der Waals surface area contributed by atoms with Gasteiger partial charge in [0.25, 0.3) is 0 Å². The van der Waals surface area contributed by atoms with Crippen molar-refractivity contribution in [3.8, 4) is 0 Å². The van der Waals surface area contributed by atoms with Gasteiger partial charge in [0.05, 0.1) is 5.75 Å². The van der Waals surface area contributed by atoms with Crippen molar-refractivity contribution in [2.24, 2.45) is 0 Å². The molecule has 0 aliphatic carbocycles. The number of hydrogen-bond acceptors (Lipinski definition) is 3. The second-order valence-corrected chi connectivity index (χ2v) is 8.27. The molecule has 0 aromatic heterocycles. The molecular formula is C13H16INO3S. The molecule has 1 heterocycles. The molecule has 1 N–H and O–H groups in total. The van der Waals surface area contributed by atoms with E-state index in [1.807, 2.05) is 19.1 Å². The lowest BCUT2D eigenvalue weighted by molar-refractivity contribution is -0.116. The van der Waals surface area contributed by atoms with E-state index in [4.69, 9.17) is 0 Å². The van der Waals surface area contributed by atoms with E-state index in [0.717, 1.165) is 15.6 Å². The summed E-state index contributed by atoms with van der Waals surface area (Å²) in [6.45, 7) is 1.99. The lowest BCUT2D eigenvalue weighted by Gasteiger charge is -2.21. The molecule has 1 aromatic rings. The number of carbonyl (C=O) groups excluding carboxylic acids is 1. The predicted octanol–water partition coefficient (Wildman–Crippen LogP) is 2.51. The summed E-state index contributed by atoms with van der Waals surface area (Å²) < 4.78 is 24.8. The van der Waals surface area contributed by atoms with Gasteiger partial charge < -0.3 is 5.32 Å². The number of aryl methyl sites for hydroxylation is 1. The third-order valence-electron chi connectivity index (χ3n) is 3.31. The quantitative estimate of drug-likeness (QED) is 0.786. The SMILES string of the molecule is Cc1ccc(NC(=O)C2CCCCS2(=O)=O)cc1I. The summed E-state index contributed by atoms with van der Waals surface area (Å²) in [5.74, 6) is -0.282. The van der Waals surface area contributed by atoms with Gasteiger partial charge in [0, 0.05) is 9.26 Å². The van der Waals surface area contributed by atoms with E-state index < -0.39 is 21.0 Å². The normalized spacial score (nSPS) is 21.9. The Morgan fingerprint density at radius 1 is 1.37 bits per heavy atom. The zero-order chi connectivity index (χ0) is 14.0. The lowest BCUT2D eigenvalue weighted by atomic mass is 10.1. The molecule has 104 valence electrons. The number of hydrogen-bond donors (Lipinski definition) is 1. The van der Waals surface area contributed by atoms with Gasteiger partial charge in [-0.05, 0) is 60.1 Å². The summed E-state index contributed by atoms with van der Waals surface area (Å²) in [6.07, 6.45) is 1.88. The molecule has 0 spiro atoms. The van der Waals surface area contributed by atoms with Crippen LogP contribution in [-0.4, -0.2) is 25.3 Å². The molecule has 19 heavy (non-hydrogen) atoms. The number of nitrogens with one attached hydrogen (secondary N) is 1. The van der Waals surface area contributed by atoms with Crippen molar-refractivity contribution in [1.29, 1.82) is 0 Å². The van der Waals surface area contributed by atoms with Gasteiger partial charge in [-0.2, -0.15) is 0 Å². The second kappa shape index (κ2) is 5.78. The molecule has 0 radical (unpaired) electrons. The van der Waals surface area contributed by atoms with E-state index in [1.165, 1.54) is 0 Å². The van der Waals surface area contributed by atoms with Crippen LogP contribution in [0.15, 0.2) is 18.2 Å². The van der Waals surface area contributed by atoms with E-state index in [1.54, 1.807) is 6.07 Å². The maximum absolute atomic E-state index is 12.1. The fourth-order valence-corrected chi connectivity index (χ4v) is 4.46. The number of halogens is 1. The van der Waals surface area contributed by atoms with Gasteiger partial charge in [-0.3, -0.25) is 4.79 Å². The van der Waals surface area contributed by atoms with E-state index in [0.29, 0.717) is 18.5 Å². The minimum absolute atomic E-state index is 0.122. The van der Waals surface area contributed by atoms with Gasteiger partial charge >= 0.3 is 0 Å². The largest absolute Gasteiger partial charge is 0.325 e. The monoisotopic (exact) mass is 393 g/mol. The highest BCUT2D eigenvalue weighted by Gasteiger charge is 2.34. The Kier molecular flexibility index (Phi) is 4.50. The highest BCUT2D eigenvalue weighted by atomic mass is 127. The third kappa shape index (κ3) is 3.47. The topological polar surface area (TPSA) is 63.2 Å². The Labute approximate surface area is 127 Å².